The standard InChI is InChI=1S/C22H29N7O/c1-23-22(25-16-21-27-26-20-7-3-4-14-29(20)21)24-15-19(28-12-5-6-13-28)17-8-10-18(30-2)11-9-17/h3-4,7-11,14,19H,5-6,12-13,15-16H2,1-2H3,(H2,23,24,25). The summed E-state index contributed by atoms with van der Waals surface area (Å²) >= 11 is 0. The summed E-state index contributed by atoms with van der Waals surface area (Å²) in [5, 5.41) is 15.3. The second-order valence-electron chi connectivity index (χ2n) is 7.38. The number of rotatable bonds is 7. The predicted octanol–water partition coefficient (Wildman–Crippen LogP) is 2.24. The van der Waals surface area contributed by atoms with Crippen LogP contribution >= 0.6 is 0 Å². The molecule has 1 aromatic carbocycles. The van der Waals surface area contributed by atoms with E-state index in [0.717, 1.165) is 42.8 Å². The van der Waals surface area contributed by atoms with Crippen molar-refractivity contribution in [3.63, 3.8) is 0 Å². The number of hydrogen-bond acceptors (Lipinski definition) is 5. The first-order chi connectivity index (χ1) is 14.8. The second-order valence-corrected chi connectivity index (χ2v) is 7.38. The summed E-state index contributed by atoms with van der Waals surface area (Å²) in [5.74, 6) is 2.48. The molecular formula is C22H29N7O. The summed E-state index contributed by atoms with van der Waals surface area (Å²) in [6, 6.07) is 14.5. The van der Waals surface area contributed by atoms with Crippen molar-refractivity contribution in [1.82, 2.24) is 30.1 Å². The molecule has 1 aliphatic heterocycles. The summed E-state index contributed by atoms with van der Waals surface area (Å²) in [7, 11) is 3.48. The zero-order valence-electron chi connectivity index (χ0n) is 17.6. The molecule has 30 heavy (non-hydrogen) atoms. The number of hydrogen-bond donors (Lipinski definition) is 2. The van der Waals surface area contributed by atoms with Gasteiger partial charge < -0.3 is 15.4 Å². The van der Waals surface area contributed by atoms with Gasteiger partial charge in [0.1, 0.15) is 5.75 Å². The highest BCUT2D eigenvalue weighted by molar-refractivity contribution is 5.79. The average Bonchev–Trinajstić information content (AvgIpc) is 3.47. The number of aliphatic imine (C=N–C) groups is 1. The van der Waals surface area contributed by atoms with Crippen LogP contribution in [0.3, 0.4) is 0 Å². The average molecular weight is 408 g/mol. The molecule has 4 rings (SSSR count). The molecule has 1 aliphatic rings. The highest BCUT2D eigenvalue weighted by atomic mass is 16.5. The van der Waals surface area contributed by atoms with Crippen LogP contribution in [0.5, 0.6) is 5.75 Å². The third-order valence-electron chi connectivity index (χ3n) is 5.57. The lowest BCUT2D eigenvalue weighted by molar-refractivity contribution is 0.245. The first-order valence-electron chi connectivity index (χ1n) is 10.4. The van der Waals surface area contributed by atoms with Gasteiger partial charge in [-0.3, -0.25) is 14.3 Å². The second kappa shape index (κ2) is 9.58. The van der Waals surface area contributed by atoms with Gasteiger partial charge in [0.25, 0.3) is 0 Å². The number of likely N-dealkylation sites (tertiary alicyclic amines) is 1. The van der Waals surface area contributed by atoms with Crippen LogP contribution in [0.25, 0.3) is 5.65 Å². The molecule has 8 nitrogen and oxygen atoms in total. The molecule has 0 spiro atoms. The van der Waals surface area contributed by atoms with Gasteiger partial charge in [-0.15, -0.1) is 10.2 Å². The molecule has 2 aromatic heterocycles. The fraction of sp³-hybridized carbons (Fsp3) is 0.409. The molecule has 1 atom stereocenters. The van der Waals surface area contributed by atoms with Gasteiger partial charge in [0.2, 0.25) is 0 Å². The molecule has 0 radical (unpaired) electrons. The topological polar surface area (TPSA) is 79.1 Å². The molecule has 3 heterocycles. The van der Waals surface area contributed by atoms with Crippen LogP contribution in [-0.4, -0.2) is 59.2 Å². The molecule has 0 amide bonds. The minimum atomic E-state index is 0.283. The van der Waals surface area contributed by atoms with Crippen molar-refractivity contribution in [2.75, 3.05) is 33.8 Å². The van der Waals surface area contributed by atoms with Gasteiger partial charge in [0.05, 0.1) is 19.7 Å². The number of nitrogens with zero attached hydrogens (tertiary/aromatic N) is 5. The smallest absolute Gasteiger partial charge is 0.191 e. The van der Waals surface area contributed by atoms with E-state index in [1.807, 2.05) is 40.9 Å². The number of ether oxygens (including phenoxy) is 1. The molecule has 1 fully saturated rings. The number of guanidine groups is 1. The van der Waals surface area contributed by atoms with E-state index in [4.69, 9.17) is 4.74 Å². The normalized spacial score (nSPS) is 16.0. The number of nitrogens with one attached hydrogen (secondary N) is 2. The Morgan fingerprint density at radius 2 is 1.90 bits per heavy atom. The Labute approximate surface area is 177 Å². The molecule has 0 bridgehead atoms. The third kappa shape index (κ3) is 4.54. The minimum absolute atomic E-state index is 0.283. The monoisotopic (exact) mass is 407 g/mol. The molecule has 3 aromatic rings. The van der Waals surface area contributed by atoms with Gasteiger partial charge in [-0.2, -0.15) is 0 Å². The number of pyridine rings is 1. The van der Waals surface area contributed by atoms with E-state index in [-0.39, 0.29) is 6.04 Å². The van der Waals surface area contributed by atoms with Gasteiger partial charge in [0.15, 0.2) is 17.4 Å². The maximum atomic E-state index is 5.32. The number of benzene rings is 1. The number of methoxy groups -OCH3 is 1. The molecule has 8 heteroatoms. The lowest BCUT2D eigenvalue weighted by atomic mass is 10.1. The highest BCUT2D eigenvalue weighted by Crippen LogP contribution is 2.26. The Bertz CT molecular complexity index is 977. The third-order valence-corrected chi connectivity index (χ3v) is 5.57. The van der Waals surface area contributed by atoms with Crippen molar-refractivity contribution >= 4 is 11.6 Å². The summed E-state index contributed by atoms with van der Waals surface area (Å²) in [5.41, 5.74) is 2.12. The van der Waals surface area contributed by atoms with Crippen molar-refractivity contribution in [3.8, 4) is 5.75 Å². The summed E-state index contributed by atoms with van der Waals surface area (Å²) in [6.45, 7) is 3.56. The van der Waals surface area contributed by atoms with Crippen LogP contribution < -0.4 is 15.4 Å². The number of aromatic nitrogens is 3. The van der Waals surface area contributed by atoms with Gasteiger partial charge in [0, 0.05) is 19.8 Å². The van der Waals surface area contributed by atoms with Crippen molar-refractivity contribution in [1.29, 1.82) is 0 Å². The zero-order valence-corrected chi connectivity index (χ0v) is 17.6. The van der Waals surface area contributed by atoms with E-state index in [0.29, 0.717) is 6.54 Å². The Morgan fingerprint density at radius 1 is 1.10 bits per heavy atom. The predicted molar refractivity (Wildman–Crippen MR) is 118 cm³/mol. The van der Waals surface area contributed by atoms with Gasteiger partial charge >= 0.3 is 0 Å². The van der Waals surface area contributed by atoms with Crippen LogP contribution in [-0.2, 0) is 6.54 Å². The lowest BCUT2D eigenvalue weighted by Crippen LogP contribution is -2.42. The molecule has 0 saturated carbocycles. The fourth-order valence-electron chi connectivity index (χ4n) is 3.93. The Hall–Kier alpha value is -3.13. The summed E-state index contributed by atoms with van der Waals surface area (Å²) in [6.07, 6.45) is 4.47. The Morgan fingerprint density at radius 3 is 2.63 bits per heavy atom. The molecular weight excluding hydrogens is 378 g/mol. The van der Waals surface area contributed by atoms with Crippen molar-refractivity contribution in [2.24, 2.45) is 4.99 Å². The maximum Gasteiger partial charge on any atom is 0.191 e. The highest BCUT2D eigenvalue weighted by Gasteiger charge is 2.23. The van der Waals surface area contributed by atoms with Crippen molar-refractivity contribution < 1.29 is 4.74 Å². The van der Waals surface area contributed by atoms with Crippen LogP contribution in [0.1, 0.15) is 30.3 Å². The quantitative estimate of drug-likeness (QED) is 0.462. The van der Waals surface area contributed by atoms with E-state index in [2.05, 4.69) is 42.9 Å². The first kappa shape index (κ1) is 20.2. The van der Waals surface area contributed by atoms with Crippen LogP contribution in [0.15, 0.2) is 53.7 Å². The van der Waals surface area contributed by atoms with Gasteiger partial charge in [-0.1, -0.05) is 18.2 Å². The summed E-state index contributed by atoms with van der Waals surface area (Å²) in [4.78, 5) is 6.92. The summed E-state index contributed by atoms with van der Waals surface area (Å²) < 4.78 is 7.29. The minimum Gasteiger partial charge on any atom is -0.497 e. The molecule has 1 unspecified atom stereocenters. The van der Waals surface area contributed by atoms with Crippen LogP contribution in [0, 0.1) is 0 Å². The largest absolute Gasteiger partial charge is 0.497 e. The number of fused-ring (bicyclic) bond motifs is 1. The van der Waals surface area contributed by atoms with E-state index < -0.39 is 0 Å². The SMILES string of the molecule is CN=C(NCc1nnc2ccccn12)NCC(c1ccc(OC)cc1)N1CCCC1. The van der Waals surface area contributed by atoms with Gasteiger partial charge in [-0.05, 0) is 55.8 Å². The van der Waals surface area contributed by atoms with E-state index in [9.17, 15) is 0 Å². The van der Waals surface area contributed by atoms with E-state index >= 15 is 0 Å². The lowest BCUT2D eigenvalue weighted by Gasteiger charge is -2.29. The van der Waals surface area contributed by atoms with E-state index in [1.54, 1.807) is 14.2 Å². The van der Waals surface area contributed by atoms with Crippen molar-refractivity contribution in [2.45, 2.75) is 25.4 Å². The van der Waals surface area contributed by atoms with Crippen LogP contribution in [0.4, 0.5) is 0 Å². The molecule has 158 valence electrons. The fourth-order valence-corrected chi connectivity index (χ4v) is 3.93. The maximum absolute atomic E-state index is 5.32. The zero-order chi connectivity index (χ0) is 20.8. The molecule has 2 N–H and O–H groups in total. The first-order valence-corrected chi connectivity index (χ1v) is 10.4. The molecule has 1 saturated heterocycles. The van der Waals surface area contributed by atoms with E-state index in [1.165, 1.54) is 18.4 Å². The van der Waals surface area contributed by atoms with Gasteiger partial charge in [-0.25, -0.2) is 0 Å². The Balaban J connectivity index is 1.40. The Kier molecular flexibility index (Phi) is 6.44. The van der Waals surface area contributed by atoms with Crippen molar-refractivity contribution in [3.05, 3.63) is 60.0 Å². The molecule has 0 aliphatic carbocycles. The van der Waals surface area contributed by atoms with Crippen LogP contribution in [0.2, 0.25) is 0 Å².